The number of nitrogens with zero attached hydrogens (tertiary/aromatic N) is 1. The van der Waals surface area contributed by atoms with Gasteiger partial charge in [0.2, 0.25) is 5.91 Å². The summed E-state index contributed by atoms with van der Waals surface area (Å²) in [6, 6.07) is 0. The fourth-order valence-corrected chi connectivity index (χ4v) is 2.92. The van der Waals surface area contributed by atoms with Crippen LogP contribution in [-0.4, -0.2) is 30.1 Å². The lowest BCUT2D eigenvalue weighted by atomic mass is 9.81. The molecule has 1 saturated heterocycles. The molecule has 1 N–H and O–H groups in total. The van der Waals surface area contributed by atoms with Gasteiger partial charge in [0.25, 0.3) is 0 Å². The predicted molar refractivity (Wildman–Crippen MR) is 64.9 cm³/mol. The van der Waals surface area contributed by atoms with E-state index in [-0.39, 0.29) is 12.1 Å². The van der Waals surface area contributed by atoms with E-state index in [4.69, 9.17) is 0 Å². The summed E-state index contributed by atoms with van der Waals surface area (Å²) in [5.74, 6) is 2.05. The molecular formula is C13H24N2O. The lowest BCUT2D eigenvalue weighted by Gasteiger charge is -2.28. The molecule has 1 heterocycles. The molecule has 0 radical (unpaired) electrons. The molecule has 1 aliphatic heterocycles. The van der Waals surface area contributed by atoms with Crippen molar-refractivity contribution in [2.75, 3.05) is 13.1 Å². The molecular weight excluding hydrogens is 200 g/mol. The van der Waals surface area contributed by atoms with E-state index in [0.717, 1.165) is 18.4 Å². The minimum atomic E-state index is 0.245. The molecule has 2 rings (SSSR count). The first kappa shape index (κ1) is 11.9. The number of carbonyl (C=O) groups excluding carboxylic acids is 1. The molecule has 1 aliphatic carbocycles. The van der Waals surface area contributed by atoms with Gasteiger partial charge in [-0.2, -0.15) is 0 Å². The van der Waals surface area contributed by atoms with Crippen LogP contribution in [0.3, 0.4) is 0 Å². The number of hydrogen-bond donors (Lipinski definition) is 1. The third-order valence-corrected chi connectivity index (χ3v) is 4.25. The van der Waals surface area contributed by atoms with E-state index in [2.05, 4.69) is 19.2 Å². The predicted octanol–water partition coefficient (Wildman–Crippen LogP) is 1.98. The molecule has 1 amide bonds. The normalized spacial score (nSPS) is 35.8. The number of nitrogens with one attached hydrogen (secondary N) is 1. The van der Waals surface area contributed by atoms with Gasteiger partial charge in [-0.25, -0.2) is 0 Å². The molecule has 0 aromatic heterocycles. The second-order valence-electron chi connectivity index (χ2n) is 5.56. The lowest BCUT2D eigenvalue weighted by molar-refractivity contribution is -0.127. The molecule has 0 aromatic carbocycles. The molecule has 1 atom stereocenters. The third-order valence-electron chi connectivity index (χ3n) is 4.25. The Labute approximate surface area is 98.6 Å². The van der Waals surface area contributed by atoms with E-state index in [1.54, 1.807) is 0 Å². The summed E-state index contributed by atoms with van der Waals surface area (Å²) in [6.45, 7) is 5.91. The topological polar surface area (TPSA) is 32.3 Å². The van der Waals surface area contributed by atoms with Crippen molar-refractivity contribution in [3.63, 3.8) is 0 Å². The fraction of sp³-hybridized carbons (Fsp3) is 0.923. The highest BCUT2D eigenvalue weighted by atomic mass is 16.2. The summed E-state index contributed by atoms with van der Waals surface area (Å²) < 4.78 is 0. The first-order chi connectivity index (χ1) is 7.66. The maximum Gasteiger partial charge on any atom is 0.237 e. The molecule has 0 bridgehead atoms. The number of rotatable bonds is 3. The average Bonchev–Trinajstić information content (AvgIpc) is 2.59. The Balaban J connectivity index is 1.72. The maximum atomic E-state index is 11.6. The van der Waals surface area contributed by atoms with Crippen LogP contribution in [0.25, 0.3) is 0 Å². The van der Waals surface area contributed by atoms with Crippen LogP contribution in [0.1, 0.15) is 46.0 Å². The van der Waals surface area contributed by atoms with E-state index < -0.39 is 0 Å². The van der Waals surface area contributed by atoms with Gasteiger partial charge in [0.05, 0.1) is 12.7 Å². The molecule has 16 heavy (non-hydrogen) atoms. The smallest absolute Gasteiger partial charge is 0.237 e. The van der Waals surface area contributed by atoms with Gasteiger partial charge in [0.15, 0.2) is 0 Å². The standard InChI is InChI=1S/C13H24N2O/c1-10-3-5-12(6-4-10)7-8-15-11(2)14-9-13(15)16/h10-12,14H,3-9H2,1-2H3. The van der Waals surface area contributed by atoms with Crippen molar-refractivity contribution in [1.29, 1.82) is 0 Å². The molecule has 0 spiro atoms. The molecule has 1 unspecified atom stereocenters. The van der Waals surface area contributed by atoms with E-state index in [1.165, 1.54) is 32.1 Å². The van der Waals surface area contributed by atoms with Crippen LogP contribution in [0.2, 0.25) is 0 Å². The van der Waals surface area contributed by atoms with Gasteiger partial charge in [0.1, 0.15) is 0 Å². The highest BCUT2D eigenvalue weighted by Crippen LogP contribution is 2.30. The Kier molecular flexibility index (Phi) is 3.85. The highest BCUT2D eigenvalue weighted by Gasteiger charge is 2.27. The summed E-state index contributed by atoms with van der Waals surface area (Å²) in [5.41, 5.74) is 0. The Morgan fingerprint density at radius 2 is 1.94 bits per heavy atom. The zero-order valence-corrected chi connectivity index (χ0v) is 10.5. The Morgan fingerprint density at radius 1 is 1.25 bits per heavy atom. The van der Waals surface area contributed by atoms with Crippen molar-refractivity contribution < 1.29 is 4.79 Å². The van der Waals surface area contributed by atoms with Crippen LogP contribution < -0.4 is 5.32 Å². The van der Waals surface area contributed by atoms with Crippen molar-refractivity contribution in [3.8, 4) is 0 Å². The Bertz CT molecular complexity index is 246. The molecule has 1 saturated carbocycles. The Morgan fingerprint density at radius 3 is 2.50 bits per heavy atom. The third kappa shape index (κ3) is 2.76. The quantitative estimate of drug-likeness (QED) is 0.795. The zero-order chi connectivity index (χ0) is 11.5. The van der Waals surface area contributed by atoms with E-state index in [1.807, 2.05) is 4.90 Å². The van der Waals surface area contributed by atoms with Gasteiger partial charge in [-0.15, -0.1) is 0 Å². The SMILES string of the molecule is CC1CCC(CCN2C(=O)CNC2C)CC1. The number of amides is 1. The van der Waals surface area contributed by atoms with Crippen molar-refractivity contribution in [2.45, 2.75) is 52.1 Å². The van der Waals surface area contributed by atoms with E-state index in [9.17, 15) is 4.79 Å². The average molecular weight is 224 g/mol. The van der Waals surface area contributed by atoms with Crippen LogP contribution >= 0.6 is 0 Å². The van der Waals surface area contributed by atoms with Crippen molar-refractivity contribution in [1.82, 2.24) is 10.2 Å². The summed E-state index contributed by atoms with van der Waals surface area (Å²) in [6.07, 6.45) is 6.94. The molecule has 3 heteroatoms. The van der Waals surface area contributed by atoms with Crippen LogP contribution in [0, 0.1) is 11.8 Å². The molecule has 92 valence electrons. The molecule has 3 nitrogen and oxygen atoms in total. The second kappa shape index (κ2) is 5.17. The maximum absolute atomic E-state index is 11.6. The second-order valence-corrected chi connectivity index (χ2v) is 5.56. The van der Waals surface area contributed by atoms with Gasteiger partial charge in [-0.1, -0.05) is 32.6 Å². The first-order valence-electron chi connectivity index (χ1n) is 6.69. The van der Waals surface area contributed by atoms with Crippen molar-refractivity contribution >= 4 is 5.91 Å². The van der Waals surface area contributed by atoms with Crippen LogP contribution in [0.15, 0.2) is 0 Å². The van der Waals surface area contributed by atoms with Gasteiger partial charge in [-0.3, -0.25) is 10.1 Å². The van der Waals surface area contributed by atoms with Crippen molar-refractivity contribution in [2.24, 2.45) is 11.8 Å². The summed E-state index contributed by atoms with van der Waals surface area (Å²) in [7, 11) is 0. The van der Waals surface area contributed by atoms with Gasteiger partial charge in [0, 0.05) is 6.54 Å². The number of carbonyl (C=O) groups is 1. The minimum absolute atomic E-state index is 0.245. The van der Waals surface area contributed by atoms with Crippen LogP contribution in [-0.2, 0) is 4.79 Å². The van der Waals surface area contributed by atoms with Crippen LogP contribution in [0.4, 0.5) is 0 Å². The number of hydrogen-bond acceptors (Lipinski definition) is 2. The highest BCUT2D eigenvalue weighted by molar-refractivity contribution is 5.80. The first-order valence-corrected chi connectivity index (χ1v) is 6.69. The van der Waals surface area contributed by atoms with Crippen molar-refractivity contribution in [3.05, 3.63) is 0 Å². The summed E-state index contributed by atoms with van der Waals surface area (Å²) in [5, 5.41) is 3.19. The molecule has 0 aromatic rings. The summed E-state index contributed by atoms with van der Waals surface area (Å²) >= 11 is 0. The summed E-state index contributed by atoms with van der Waals surface area (Å²) in [4.78, 5) is 13.6. The Hall–Kier alpha value is -0.570. The van der Waals surface area contributed by atoms with Gasteiger partial charge < -0.3 is 4.90 Å². The monoisotopic (exact) mass is 224 g/mol. The van der Waals surface area contributed by atoms with Gasteiger partial charge in [-0.05, 0) is 25.2 Å². The molecule has 2 fully saturated rings. The fourth-order valence-electron chi connectivity index (χ4n) is 2.92. The molecule has 2 aliphatic rings. The van der Waals surface area contributed by atoms with Gasteiger partial charge >= 0.3 is 0 Å². The zero-order valence-electron chi connectivity index (χ0n) is 10.5. The van der Waals surface area contributed by atoms with Crippen LogP contribution in [0.5, 0.6) is 0 Å². The lowest BCUT2D eigenvalue weighted by Crippen LogP contribution is -2.36. The van der Waals surface area contributed by atoms with E-state index >= 15 is 0 Å². The van der Waals surface area contributed by atoms with E-state index in [0.29, 0.717) is 6.54 Å². The minimum Gasteiger partial charge on any atom is -0.326 e. The largest absolute Gasteiger partial charge is 0.326 e.